The van der Waals surface area contributed by atoms with Crippen LogP contribution in [0.1, 0.15) is 19.8 Å². The lowest BCUT2D eigenvalue weighted by atomic mass is 9.92. The maximum absolute atomic E-state index is 11.2. The van der Waals surface area contributed by atoms with Gasteiger partial charge in [-0.05, 0) is 12.3 Å². The first kappa shape index (κ1) is 10.9. The van der Waals surface area contributed by atoms with Crippen LogP contribution < -0.4 is 5.73 Å². The van der Waals surface area contributed by atoms with Crippen molar-refractivity contribution in [2.45, 2.75) is 25.8 Å². The van der Waals surface area contributed by atoms with Gasteiger partial charge in [-0.1, -0.05) is 13.3 Å². The van der Waals surface area contributed by atoms with Crippen LogP contribution in [0.5, 0.6) is 0 Å². The molecule has 4 nitrogen and oxygen atoms in total. The number of hydrogen-bond donors (Lipinski definition) is 1. The maximum atomic E-state index is 11.2. The number of nitrogens with two attached hydrogens (primary N) is 1. The SMILES string of the molecule is CC[C@@H]1CN(S(C)(=O)=O)CC[C@H]1N. The molecule has 1 saturated heterocycles. The zero-order chi connectivity index (χ0) is 10.1. The molecule has 0 amide bonds. The second-order valence-electron chi connectivity index (χ2n) is 3.74. The molecular weight excluding hydrogens is 188 g/mol. The summed E-state index contributed by atoms with van der Waals surface area (Å²) >= 11 is 0. The molecule has 5 heteroatoms. The van der Waals surface area contributed by atoms with Gasteiger partial charge in [-0.15, -0.1) is 0 Å². The summed E-state index contributed by atoms with van der Waals surface area (Å²) in [6, 6.07) is 0.169. The van der Waals surface area contributed by atoms with Crippen LogP contribution >= 0.6 is 0 Å². The molecule has 1 heterocycles. The van der Waals surface area contributed by atoms with Crippen LogP contribution in [-0.2, 0) is 10.0 Å². The van der Waals surface area contributed by atoms with Crippen molar-refractivity contribution in [2.24, 2.45) is 11.7 Å². The molecule has 1 fully saturated rings. The normalized spacial score (nSPS) is 31.9. The molecule has 0 radical (unpaired) electrons. The van der Waals surface area contributed by atoms with Crippen molar-refractivity contribution < 1.29 is 8.42 Å². The third-order valence-corrected chi connectivity index (χ3v) is 4.02. The second-order valence-corrected chi connectivity index (χ2v) is 5.72. The average molecular weight is 206 g/mol. The highest BCUT2D eigenvalue weighted by Crippen LogP contribution is 2.20. The van der Waals surface area contributed by atoms with E-state index < -0.39 is 10.0 Å². The highest BCUT2D eigenvalue weighted by Gasteiger charge is 2.29. The van der Waals surface area contributed by atoms with E-state index >= 15 is 0 Å². The molecule has 2 N–H and O–H groups in total. The van der Waals surface area contributed by atoms with E-state index in [1.54, 1.807) is 0 Å². The predicted octanol–water partition coefficient (Wildman–Crippen LogP) is 0.00520. The molecular formula is C8H18N2O2S. The fourth-order valence-electron chi connectivity index (χ4n) is 1.75. The summed E-state index contributed by atoms with van der Waals surface area (Å²) in [4.78, 5) is 0. The Hall–Kier alpha value is -0.130. The van der Waals surface area contributed by atoms with Crippen molar-refractivity contribution in [3.63, 3.8) is 0 Å². The number of nitrogens with zero attached hydrogens (tertiary/aromatic N) is 1. The zero-order valence-corrected chi connectivity index (χ0v) is 9.05. The first-order chi connectivity index (χ1) is 5.95. The van der Waals surface area contributed by atoms with Gasteiger partial charge in [-0.2, -0.15) is 0 Å². The van der Waals surface area contributed by atoms with Gasteiger partial charge in [0.15, 0.2) is 0 Å². The van der Waals surface area contributed by atoms with Crippen LogP contribution in [0.15, 0.2) is 0 Å². The topological polar surface area (TPSA) is 63.4 Å². The predicted molar refractivity (Wildman–Crippen MR) is 52.8 cm³/mol. The summed E-state index contributed by atoms with van der Waals surface area (Å²) in [5, 5.41) is 0. The van der Waals surface area contributed by atoms with Crippen LogP contribution in [0.4, 0.5) is 0 Å². The van der Waals surface area contributed by atoms with Gasteiger partial charge in [0.25, 0.3) is 0 Å². The molecule has 1 rings (SSSR count). The van der Waals surface area contributed by atoms with Gasteiger partial charge in [0.05, 0.1) is 6.26 Å². The van der Waals surface area contributed by atoms with Crippen LogP contribution in [-0.4, -0.2) is 38.1 Å². The van der Waals surface area contributed by atoms with Gasteiger partial charge in [0.1, 0.15) is 0 Å². The van der Waals surface area contributed by atoms with Crippen molar-refractivity contribution in [1.82, 2.24) is 4.31 Å². The van der Waals surface area contributed by atoms with E-state index in [0.717, 1.165) is 12.8 Å². The molecule has 1 aliphatic rings. The fraction of sp³-hybridized carbons (Fsp3) is 1.00. The molecule has 0 aromatic heterocycles. The van der Waals surface area contributed by atoms with E-state index in [0.29, 0.717) is 19.0 Å². The van der Waals surface area contributed by atoms with Crippen LogP contribution in [0, 0.1) is 5.92 Å². The van der Waals surface area contributed by atoms with Crippen molar-refractivity contribution in [3.8, 4) is 0 Å². The Balaban J connectivity index is 2.65. The maximum Gasteiger partial charge on any atom is 0.211 e. The quantitative estimate of drug-likeness (QED) is 0.692. The van der Waals surface area contributed by atoms with Crippen LogP contribution in [0.25, 0.3) is 0 Å². The van der Waals surface area contributed by atoms with E-state index in [4.69, 9.17) is 5.73 Å². The van der Waals surface area contributed by atoms with Gasteiger partial charge >= 0.3 is 0 Å². The monoisotopic (exact) mass is 206 g/mol. The molecule has 1 aliphatic heterocycles. The lowest BCUT2D eigenvalue weighted by Crippen LogP contribution is -2.48. The Kier molecular flexibility index (Phi) is 3.32. The van der Waals surface area contributed by atoms with Crippen molar-refractivity contribution in [1.29, 1.82) is 0 Å². The number of sulfonamides is 1. The van der Waals surface area contributed by atoms with Gasteiger partial charge in [-0.25, -0.2) is 12.7 Å². The van der Waals surface area contributed by atoms with E-state index in [9.17, 15) is 8.42 Å². The minimum Gasteiger partial charge on any atom is -0.327 e. The largest absolute Gasteiger partial charge is 0.327 e. The first-order valence-corrected chi connectivity index (χ1v) is 6.50. The highest BCUT2D eigenvalue weighted by molar-refractivity contribution is 7.88. The molecule has 0 spiro atoms. The minimum absolute atomic E-state index is 0.169. The average Bonchev–Trinajstić information content (AvgIpc) is 2.03. The molecule has 2 atom stereocenters. The Morgan fingerprint density at radius 1 is 1.54 bits per heavy atom. The second kappa shape index (κ2) is 3.94. The molecule has 13 heavy (non-hydrogen) atoms. The number of piperidine rings is 1. The summed E-state index contributed by atoms with van der Waals surface area (Å²) in [7, 11) is -3.01. The summed E-state index contributed by atoms with van der Waals surface area (Å²) in [6.45, 7) is 3.23. The molecule has 0 aromatic carbocycles. The number of rotatable bonds is 2. The lowest BCUT2D eigenvalue weighted by molar-refractivity contribution is 0.231. The Labute approximate surface area is 80.1 Å². The Morgan fingerprint density at radius 2 is 2.15 bits per heavy atom. The molecule has 0 bridgehead atoms. The van der Waals surface area contributed by atoms with E-state index in [1.807, 2.05) is 0 Å². The third kappa shape index (κ3) is 2.65. The fourth-order valence-corrected chi connectivity index (χ4v) is 2.65. The molecule has 0 unspecified atom stereocenters. The van der Waals surface area contributed by atoms with Gasteiger partial charge < -0.3 is 5.73 Å². The van der Waals surface area contributed by atoms with E-state index in [-0.39, 0.29) is 6.04 Å². The molecule has 0 aromatic rings. The van der Waals surface area contributed by atoms with Crippen molar-refractivity contribution in [3.05, 3.63) is 0 Å². The van der Waals surface area contributed by atoms with Crippen molar-refractivity contribution >= 4 is 10.0 Å². The summed E-state index contributed by atoms with van der Waals surface area (Å²) in [5.74, 6) is 0.323. The smallest absolute Gasteiger partial charge is 0.211 e. The van der Waals surface area contributed by atoms with Gasteiger partial charge in [0.2, 0.25) is 10.0 Å². The van der Waals surface area contributed by atoms with Gasteiger partial charge in [0, 0.05) is 19.1 Å². The molecule has 0 saturated carbocycles. The third-order valence-electron chi connectivity index (χ3n) is 2.75. The van der Waals surface area contributed by atoms with Crippen LogP contribution in [0.2, 0.25) is 0 Å². The van der Waals surface area contributed by atoms with E-state index in [1.165, 1.54) is 10.6 Å². The summed E-state index contributed by atoms with van der Waals surface area (Å²) in [5.41, 5.74) is 5.87. The highest BCUT2D eigenvalue weighted by atomic mass is 32.2. The minimum atomic E-state index is -3.01. The first-order valence-electron chi connectivity index (χ1n) is 4.66. The molecule has 78 valence electrons. The zero-order valence-electron chi connectivity index (χ0n) is 8.23. The standard InChI is InChI=1S/C8H18N2O2S/c1-3-7-6-10(13(2,11)12)5-4-8(7)9/h7-8H,3-6,9H2,1-2H3/t7-,8-/m1/s1. The Bertz CT molecular complexity index is 263. The number of hydrogen-bond acceptors (Lipinski definition) is 3. The summed E-state index contributed by atoms with van der Waals surface area (Å²) < 4.78 is 24.0. The van der Waals surface area contributed by atoms with Crippen LogP contribution in [0.3, 0.4) is 0 Å². The van der Waals surface area contributed by atoms with Gasteiger partial charge in [-0.3, -0.25) is 0 Å². The Morgan fingerprint density at radius 3 is 2.62 bits per heavy atom. The van der Waals surface area contributed by atoms with E-state index in [2.05, 4.69) is 6.92 Å². The lowest BCUT2D eigenvalue weighted by Gasteiger charge is -2.34. The van der Waals surface area contributed by atoms with Crippen molar-refractivity contribution in [2.75, 3.05) is 19.3 Å². The molecule has 0 aliphatic carbocycles. The summed E-state index contributed by atoms with van der Waals surface area (Å²) in [6.07, 6.45) is 3.00.